The summed E-state index contributed by atoms with van der Waals surface area (Å²) in [7, 11) is -3.60. The zero-order chi connectivity index (χ0) is 18.9. The Balaban J connectivity index is 1.50. The highest BCUT2D eigenvalue weighted by Gasteiger charge is 2.21. The molecule has 1 atom stereocenters. The van der Waals surface area contributed by atoms with Crippen molar-refractivity contribution in [2.75, 3.05) is 31.0 Å². The van der Waals surface area contributed by atoms with Crippen molar-refractivity contribution in [2.24, 2.45) is 0 Å². The minimum atomic E-state index is -3.60. The third-order valence-electron chi connectivity index (χ3n) is 4.80. The summed E-state index contributed by atoms with van der Waals surface area (Å²) < 4.78 is 35.2. The molecule has 27 heavy (non-hydrogen) atoms. The van der Waals surface area contributed by atoms with Crippen molar-refractivity contribution in [3.63, 3.8) is 0 Å². The van der Waals surface area contributed by atoms with Crippen LogP contribution in [0.1, 0.15) is 18.6 Å². The molecule has 2 heterocycles. The maximum Gasteiger partial charge on any atom is 0.271 e. The van der Waals surface area contributed by atoms with Crippen LogP contribution in [0.4, 0.5) is 5.69 Å². The molecule has 1 aliphatic rings. The van der Waals surface area contributed by atoms with Crippen LogP contribution in [0.25, 0.3) is 10.1 Å². The lowest BCUT2D eigenvalue weighted by Gasteiger charge is -2.32. The summed E-state index contributed by atoms with van der Waals surface area (Å²) in [5.74, 6) is 0. The molecule has 0 spiro atoms. The predicted molar refractivity (Wildman–Crippen MR) is 110 cm³/mol. The van der Waals surface area contributed by atoms with E-state index in [2.05, 4.69) is 16.5 Å². The minimum absolute atomic E-state index is 0.0342. The molecule has 1 unspecified atom stereocenters. The predicted octanol–water partition coefficient (Wildman–Crippen LogP) is 4.10. The zero-order valence-corrected chi connectivity index (χ0v) is 16.7. The van der Waals surface area contributed by atoms with E-state index in [-0.39, 0.29) is 6.10 Å². The Morgan fingerprint density at radius 2 is 1.96 bits per heavy atom. The lowest BCUT2D eigenvalue weighted by molar-refractivity contribution is -0.0281. The topological polar surface area (TPSA) is 58.6 Å². The van der Waals surface area contributed by atoms with Gasteiger partial charge in [-0.05, 0) is 41.8 Å². The summed E-state index contributed by atoms with van der Waals surface area (Å²) in [4.78, 5) is 2.35. The molecule has 0 bridgehead atoms. The summed E-state index contributed by atoms with van der Waals surface area (Å²) in [6.45, 7) is 5.70. The van der Waals surface area contributed by atoms with E-state index in [1.54, 1.807) is 18.2 Å². The summed E-state index contributed by atoms with van der Waals surface area (Å²) in [5, 5.41) is 0.938. The number of rotatable bonds is 5. The van der Waals surface area contributed by atoms with E-state index >= 15 is 0 Å². The molecule has 1 N–H and O–H groups in total. The van der Waals surface area contributed by atoms with E-state index in [0.29, 0.717) is 9.90 Å². The smallest absolute Gasteiger partial charge is 0.271 e. The van der Waals surface area contributed by atoms with Gasteiger partial charge >= 0.3 is 0 Å². The number of anilines is 1. The fraction of sp³-hybridized carbons (Fsp3) is 0.300. The number of sulfonamides is 1. The second-order valence-electron chi connectivity index (χ2n) is 6.58. The number of morpholine rings is 1. The summed E-state index contributed by atoms with van der Waals surface area (Å²) in [6.07, 6.45) is 0.0342. The Bertz CT molecular complexity index is 996. The molecule has 1 saturated heterocycles. The van der Waals surface area contributed by atoms with Crippen molar-refractivity contribution in [1.82, 2.24) is 4.90 Å². The van der Waals surface area contributed by atoms with Gasteiger partial charge in [0.25, 0.3) is 10.0 Å². The summed E-state index contributed by atoms with van der Waals surface area (Å²) in [6, 6.07) is 16.9. The Kier molecular flexibility index (Phi) is 5.19. The number of benzene rings is 2. The van der Waals surface area contributed by atoms with Crippen LogP contribution in [0.2, 0.25) is 0 Å². The molecule has 1 fully saturated rings. The second-order valence-corrected chi connectivity index (χ2v) is 9.58. The number of ether oxygens (including phenoxy) is 1. The van der Waals surface area contributed by atoms with Crippen LogP contribution in [0.15, 0.2) is 58.8 Å². The summed E-state index contributed by atoms with van der Waals surface area (Å²) in [5.41, 5.74) is 1.62. The van der Waals surface area contributed by atoms with E-state index in [9.17, 15) is 8.42 Å². The number of nitrogens with zero attached hydrogens (tertiary/aromatic N) is 1. The van der Waals surface area contributed by atoms with Crippen molar-refractivity contribution in [3.8, 4) is 0 Å². The van der Waals surface area contributed by atoms with Crippen molar-refractivity contribution >= 4 is 37.1 Å². The molecule has 142 valence electrons. The van der Waals surface area contributed by atoms with Gasteiger partial charge in [0.15, 0.2) is 0 Å². The number of hydrogen-bond acceptors (Lipinski definition) is 5. The lowest BCUT2D eigenvalue weighted by Crippen LogP contribution is -2.38. The largest absolute Gasteiger partial charge is 0.371 e. The van der Waals surface area contributed by atoms with E-state index in [1.807, 2.05) is 36.4 Å². The number of fused-ring (bicyclic) bond motifs is 1. The second kappa shape index (κ2) is 7.59. The average molecular weight is 403 g/mol. The van der Waals surface area contributed by atoms with Gasteiger partial charge in [-0.15, -0.1) is 11.3 Å². The number of thiophene rings is 1. The van der Waals surface area contributed by atoms with Crippen LogP contribution in [0.5, 0.6) is 0 Å². The fourth-order valence-electron chi connectivity index (χ4n) is 3.25. The number of likely N-dealkylation sites (N-methyl/N-ethyl adjacent to an activating group) is 1. The standard InChI is InChI=1S/C20H22N2O3S2/c1-2-22-11-12-25-18(14-22)15-7-9-17(10-8-15)21-27(23,24)20-13-16-5-3-4-6-19(16)26-20/h3-10,13,18,21H,2,11-12,14H2,1H3. The monoisotopic (exact) mass is 402 g/mol. The van der Waals surface area contributed by atoms with Gasteiger partial charge in [0, 0.05) is 23.5 Å². The summed E-state index contributed by atoms with van der Waals surface area (Å²) >= 11 is 1.28. The first-order valence-corrected chi connectivity index (χ1v) is 11.3. The lowest BCUT2D eigenvalue weighted by atomic mass is 10.1. The Labute approximate surface area is 163 Å². The highest BCUT2D eigenvalue weighted by Crippen LogP contribution is 2.30. The highest BCUT2D eigenvalue weighted by atomic mass is 32.2. The Morgan fingerprint density at radius 3 is 2.70 bits per heavy atom. The van der Waals surface area contributed by atoms with E-state index in [1.165, 1.54) is 11.3 Å². The molecule has 4 rings (SSSR count). The molecule has 1 aromatic heterocycles. The molecule has 5 nitrogen and oxygen atoms in total. The molecular weight excluding hydrogens is 380 g/mol. The highest BCUT2D eigenvalue weighted by molar-refractivity contribution is 7.94. The number of nitrogens with one attached hydrogen (secondary N) is 1. The van der Waals surface area contributed by atoms with E-state index in [0.717, 1.165) is 41.9 Å². The van der Waals surface area contributed by atoms with Gasteiger partial charge in [-0.2, -0.15) is 0 Å². The first kappa shape index (κ1) is 18.4. The normalized spacial score (nSPS) is 18.6. The molecule has 0 aliphatic carbocycles. The molecule has 0 radical (unpaired) electrons. The van der Waals surface area contributed by atoms with Gasteiger partial charge in [-0.1, -0.05) is 37.3 Å². The molecular formula is C20H22N2O3S2. The molecule has 1 aliphatic heterocycles. The van der Waals surface area contributed by atoms with Gasteiger partial charge in [0.1, 0.15) is 4.21 Å². The zero-order valence-electron chi connectivity index (χ0n) is 15.1. The molecule has 2 aromatic carbocycles. The van der Waals surface area contributed by atoms with Gasteiger partial charge in [-0.3, -0.25) is 9.62 Å². The van der Waals surface area contributed by atoms with Crippen LogP contribution < -0.4 is 4.72 Å². The SMILES string of the molecule is CCN1CCOC(c2ccc(NS(=O)(=O)c3cc4ccccc4s3)cc2)C1. The van der Waals surface area contributed by atoms with E-state index in [4.69, 9.17) is 4.74 Å². The van der Waals surface area contributed by atoms with Crippen LogP contribution in [0.3, 0.4) is 0 Å². The van der Waals surface area contributed by atoms with Crippen molar-refractivity contribution in [2.45, 2.75) is 17.2 Å². The van der Waals surface area contributed by atoms with Crippen molar-refractivity contribution in [1.29, 1.82) is 0 Å². The third kappa shape index (κ3) is 4.01. The van der Waals surface area contributed by atoms with Crippen molar-refractivity contribution in [3.05, 3.63) is 60.2 Å². The van der Waals surface area contributed by atoms with Gasteiger partial charge < -0.3 is 4.74 Å². The maximum atomic E-state index is 12.7. The first-order chi connectivity index (χ1) is 13.0. The first-order valence-electron chi connectivity index (χ1n) is 9.00. The number of hydrogen-bond donors (Lipinski definition) is 1. The van der Waals surface area contributed by atoms with Crippen LogP contribution in [0, 0.1) is 0 Å². The average Bonchev–Trinajstić information content (AvgIpc) is 3.14. The molecule has 0 amide bonds. The molecule has 0 saturated carbocycles. The maximum absolute atomic E-state index is 12.7. The quantitative estimate of drug-likeness (QED) is 0.698. The van der Waals surface area contributed by atoms with Crippen LogP contribution in [-0.4, -0.2) is 39.6 Å². The Morgan fingerprint density at radius 1 is 1.19 bits per heavy atom. The fourth-order valence-corrected chi connectivity index (χ4v) is 5.71. The Hall–Kier alpha value is -1.93. The molecule has 7 heteroatoms. The molecule has 3 aromatic rings. The van der Waals surface area contributed by atoms with Crippen LogP contribution in [-0.2, 0) is 14.8 Å². The third-order valence-corrected chi connectivity index (χ3v) is 7.77. The van der Waals surface area contributed by atoms with Gasteiger partial charge in [0.2, 0.25) is 0 Å². The van der Waals surface area contributed by atoms with Crippen LogP contribution >= 0.6 is 11.3 Å². The van der Waals surface area contributed by atoms with Gasteiger partial charge in [-0.25, -0.2) is 8.42 Å². The van der Waals surface area contributed by atoms with E-state index < -0.39 is 10.0 Å². The van der Waals surface area contributed by atoms with Crippen molar-refractivity contribution < 1.29 is 13.2 Å². The van der Waals surface area contributed by atoms with Gasteiger partial charge in [0.05, 0.1) is 12.7 Å². The minimum Gasteiger partial charge on any atom is -0.371 e.